The molecule has 1 heterocycles. The minimum Gasteiger partial charge on any atom is -0.389 e. The number of hydrogen-bond acceptors (Lipinski definition) is 4. The first-order chi connectivity index (χ1) is 9.79. The number of aryl methyl sites for hydroxylation is 2. The van der Waals surface area contributed by atoms with Crippen LogP contribution in [-0.2, 0) is 10.0 Å². The van der Waals surface area contributed by atoms with Crippen molar-refractivity contribution in [1.29, 1.82) is 0 Å². The van der Waals surface area contributed by atoms with E-state index in [1.165, 1.54) is 12.3 Å². The second-order valence-electron chi connectivity index (χ2n) is 4.70. The van der Waals surface area contributed by atoms with Gasteiger partial charge in [0, 0.05) is 11.8 Å². The molecule has 0 spiro atoms. The minimum absolute atomic E-state index is 0.148. The van der Waals surface area contributed by atoms with E-state index in [1.54, 1.807) is 31.3 Å². The highest BCUT2D eigenvalue weighted by atomic mass is 32.2. The van der Waals surface area contributed by atoms with Gasteiger partial charge in [-0.2, -0.15) is 0 Å². The summed E-state index contributed by atoms with van der Waals surface area (Å²) >= 11 is 4.89. The first-order valence-corrected chi connectivity index (χ1v) is 8.03. The number of aromatic nitrogens is 1. The Hall–Kier alpha value is -1.99. The Bertz CT molecular complexity index is 802. The second kappa shape index (κ2) is 5.79. The van der Waals surface area contributed by atoms with Crippen molar-refractivity contribution >= 4 is 32.9 Å². The van der Waals surface area contributed by atoms with E-state index in [0.29, 0.717) is 16.8 Å². The predicted molar refractivity (Wildman–Crippen MR) is 86.8 cm³/mol. The fourth-order valence-corrected chi connectivity index (χ4v) is 3.30. The van der Waals surface area contributed by atoms with Gasteiger partial charge in [0.2, 0.25) is 0 Å². The van der Waals surface area contributed by atoms with Crippen molar-refractivity contribution in [2.75, 3.05) is 4.72 Å². The molecular weight excluding hydrogens is 306 g/mol. The molecule has 110 valence electrons. The second-order valence-corrected chi connectivity index (χ2v) is 6.79. The van der Waals surface area contributed by atoms with Gasteiger partial charge >= 0.3 is 0 Å². The minimum atomic E-state index is -3.72. The summed E-state index contributed by atoms with van der Waals surface area (Å²) < 4.78 is 27.5. The molecule has 0 saturated carbocycles. The molecule has 0 unspecified atom stereocenters. The van der Waals surface area contributed by atoms with Crippen molar-refractivity contribution in [3.63, 3.8) is 0 Å². The lowest BCUT2D eigenvalue weighted by Gasteiger charge is -2.11. The van der Waals surface area contributed by atoms with Crippen molar-refractivity contribution in [2.24, 2.45) is 5.73 Å². The van der Waals surface area contributed by atoms with Gasteiger partial charge in [-0.1, -0.05) is 24.4 Å². The maximum Gasteiger partial charge on any atom is 0.262 e. The van der Waals surface area contributed by atoms with Crippen LogP contribution in [0.1, 0.15) is 16.7 Å². The zero-order chi connectivity index (χ0) is 15.6. The lowest BCUT2D eigenvalue weighted by atomic mass is 10.1. The average molecular weight is 321 g/mol. The van der Waals surface area contributed by atoms with Gasteiger partial charge < -0.3 is 5.73 Å². The van der Waals surface area contributed by atoms with Crippen molar-refractivity contribution in [2.45, 2.75) is 18.7 Å². The van der Waals surface area contributed by atoms with E-state index in [-0.39, 0.29) is 9.88 Å². The molecule has 3 N–H and O–H groups in total. The monoisotopic (exact) mass is 321 g/mol. The summed E-state index contributed by atoms with van der Waals surface area (Å²) in [6, 6.07) is 6.56. The average Bonchev–Trinajstić information content (AvgIpc) is 2.38. The molecule has 2 rings (SSSR count). The lowest BCUT2D eigenvalue weighted by Crippen LogP contribution is -2.16. The smallest absolute Gasteiger partial charge is 0.262 e. The molecular formula is C14H15N3O2S2. The summed E-state index contributed by atoms with van der Waals surface area (Å²) in [4.78, 5) is 4.27. The molecule has 1 aromatic carbocycles. The Morgan fingerprint density at radius 2 is 1.95 bits per heavy atom. The van der Waals surface area contributed by atoms with Gasteiger partial charge in [-0.25, -0.2) is 8.42 Å². The van der Waals surface area contributed by atoms with E-state index in [9.17, 15) is 8.42 Å². The van der Waals surface area contributed by atoms with Gasteiger partial charge in [-0.3, -0.25) is 9.71 Å². The third-order valence-electron chi connectivity index (χ3n) is 2.89. The standard InChI is InChI=1S/C14H15N3O2S2/c1-9-5-12(8-16-7-9)17-21(18,19)13-6-11(14(15)20)4-3-10(13)2/h3-8,17H,1-2H3,(H2,15,20). The Kier molecular flexibility index (Phi) is 4.24. The SMILES string of the molecule is Cc1cncc(NS(=O)(=O)c2cc(C(N)=S)ccc2C)c1. The van der Waals surface area contributed by atoms with Crippen LogP contribution < -0.4 is 10.5 Å². The highest BCUT2D eigenvalue weighted by molar-refractivity contribution is 7.92. The molecule has 0 amide bonds. The number of hydrogen-bond donors (Lipinski definition) is 2. The van der Waals surface area contributed by atoms with E-state index >= 15 is 0 Å². The largest absolute Gasteiger partial charge is 0.389 e. The molecule has 0 radical (unpaired) electrons. The van der Waals surface area contributed by atoms with Gasteiger partial charge in [-0.05, 0) is 37.1 Å². The number of nitrogens with zero attached hydrogens (tertiary/aromatic N) is 1. The van der Waals surface area contributed by atoms with Gasteiger partial charge in [0.25, 0.3) is 10.0 Å². The van der Waals surface area contributed by atoms with Gasteiger partial charge in [0.05, 0.1) is 16.8 Å². The summed E-state index contributed by atoms with van der Waals surface area (Å²) in [6.45, 7) is 3.55. The molecule has 0 bridgehead atoms. The Morgan fingerprint density at radius 3 is 2.57 bits per heavy atom. The van der Waals surface area contributed by atoms with E-state index in [4.69, 9.17) is 18.0 Å². The quantitative estimate of drug-likeness (QED) is 0.843. The highest BCUT2D eigenvalue weighted by Crippen LogP contribution is 2.21. The molecule has 0 aliphatic rings. The number of rotatable bonds is 4. The van der Waals surface area contributed by atoms with Crippen molar-refractivity contribution in [1.82, 2.24) is 4.98 Å². The van der Waals surface area contributed by atoms with Crippen LogP contribution in [0.2, 0.25) is 0 Å². The van der Waals surface area contributed by atoms with Crippen LogP contribution in [0, 0.1) is 13.8 Å². The van der Waals surface area contributed by atoms with Crippen molar-refractivity contribution in [3.8, 4) is 0 Å². The van der Waals surface area contributed by atoms with Crippen LogP contribution in [-0.4, -0.2) is 18.4 Å². The number of nitrogens with two attached hydrogens (primary N) is 1. The fourth-order valence-electron chi connectivity index (χ4n) is 1.86. The zero-order valence-electron chi connectivity index (χ0n) is 11.6. The number of anilines is 1. The van der Waals surface area contributed by atoms with Crippen LogP contribution >= 0.6 is 12.2 Å². The fraction of sp³-hybridized carbons (Fsp3) is 0.143. The predicted octanol–water partition coefficient (Wildman–Crippen LogP) is 2.13. The van der Waals surface area contributed by atoms with Crippen LogP contribution in [0.25, 0.3) is 0 Å². The zero-order valence-corrected chi connectivity index (χ0v) is 13.3. The maximum atomic E-state index is 12.5. The first-order valence-electron chi connectivity index (χ1n) is 6.14. The van der Waals surface area contributed by atoms with Crippen molar-refractivity contribution < 1.29 is 8.42 Å². The Labute approximate surface area is 129 Å². The number of benzene rings is 1. The third kappa shape index (κ3) is 3.56. The number of nitrogens with one attached hydrogen (secondary N) is 1. The number of thiocarbonyl (C=S) groups is 1. The summed E-state index contributed by atoms with van der Waals surface area (Å²) in [6.07, 6.45) is 3.10. The topological polar surface area (TPSA) is 85.1 Å². The summed E-state index contributed by atoms with van der Waals surface area (Å²) in [5.74, 6) is 0. The van der Waals surface area contributed by atoms with Gasteiger partial charge in [0.15, 0.2) is 0 Å². The summed E-state index contributed by atoms with van der Waals surface area (Å²) in [5.41, 5.74) is 7.96. The molecule has 0 fully saturated rings. The maximum absolute atomic E-state index is 12.5. The third-order valence-corrected chi connectivity index (χ3v) is 4.65. The highest BCUT2D eigenvalue weighted by Gasteiger charge is 2.18. The molecule has 1 aromatic heterocycles. The van der Waals surface area contributed by atoms with E-state index < -0.39 is 10.0 Å². The lowest BCUT2D eigenvalue weighted by molar-refractivity contribution is 0.600. The van der Waals surface area contributed by atoms with Crippen LogP contribution in [0.5, 0.6) is 0 Å². The van der Waals surface area contributed by atoms with E-state index in [1.807, 2.05) is 6.92 Å². The van der Waals surface area contributed by atoms with Crippen LogP contribution in [0.4, 0.5) is 5.69 Å². The molecule has 0 aliphatic heterocycles. The molecule has 5 nitrogen and oxygen atoms in total. The van der Waals surface area contributed by atoms with E-state index in [2.05, 4.69) is 9.71 Å². The number of pyridine rings is 1. The molecule has 21 heavy (non-hydrogen) atoms. The molecule has 0 aliphatic carbocycles. The normalized spacial score (nSPS) is 11.1. The van der Waals surface area contributed by atoms with Crippen LogP contribution in [0.15, 0.2) is 41.6 Å². The molecule has 0 saturated heterocycles. The van der Waals surface area contributed by atoms with Crippen molar-refractivity contribution in [3.05, 3.63) is 53.3 Å². The van der Waals surface area contributed by atoms with Crippen LogP contribution in [0.3, 0.4) is 0 Å². The summed E-state index contributed by atoms with van der Waals surface area (Å²) in [5, 5.41) is 0. The number of sulfonamides is 1. The first kappa shape index (κ1) is 15.4. The Balaban J connectivity index is 2.44. The van der Waals surface area contributed by atoms with Gasteiger partial charge in [0.1, 0.15) is 4.99 Å². The van der Waals surface area contributed by atoms with E-state index in [0.717, 1.165) is 5.56 Å². The summed E-state index contributed by atoms with van der Waals surface area (Å²) in [7, 11) is -3.72. The molecule has 2 aromatic rings. The van der Waals surface area contributed by atoms with Gasteiger partial charge in [-0.15, -0.1) is 0 Å². The molecule has 7 heteroatoms. The molecule has 0 atom stereocenters. The Morgan fingerprint density at radius 1 is 1.24 bits per heavy atom.